The Morgan fingerprint density at radius 2 is 1.80 bits per heavy atom. The molecule has 1 aromatic carbocycles. The molecule has 0 aliphatic carbocycles. The Labute approximate surface area is 120 Å². The average Bonchev–Trinajstić information content (AvgIpc) is 2.49. The molecule has 0 spiro atoms. The van der Waals surface area contributed by atoms with E-state index in [1.54, 1.807) is 18.3 Å². The standard InChI is InChI=1S/C17H20N2O/c1-13(2)15(14-8-4-3-5-9-14)12-19-17(20)16-10-6-7-11-18-16/h3-11,13,15H,12H2,1-2H3,(H,19,20)/t15-/m0/s1. The lowest BCUT2D eigenvalue weighted by molar-refractivity contribution is 0.0944. The molecular weight excluding hydrogens is 248 g/mol. The second kappa shape index (κ2) is 6.85. The maximum Gasteiger partial charge on any atom is 0.269 e. The molecule has 2 aromatic rings. The summed E-state index contributed by atoms with van der Waals surface area (Å²) in [5.74, 6) is 0.650. The number of rotatable bonds is 5. The molecule has 0 fully saturated rings. The van der Waals surface area contributed by atoms with Crippen LogP contribution in [0.1, 0.15) is 35.8 Å². The predicted octanol–water partition coefficient (Wildman–Crippen LogP) is 3.25. The van der Waals surface area contributed by atoms with E-state index in [9.17, 15) is 4.79 Å². The first-order chi connectivity index (χ1) is 9.68. The van der Waals surface area contributed by atoms with Gasteiger partial charge in [-0.2, -0.15) is 0 Å². The molecule has 0 saturated carbocycles. The van der Waals surface area contributed by atoms with Crippen LogP contribution in [0.3, 0.4) is 0 Å². The summed E-state index contributed by atoms with van der Waals surface area (Å²) in [6.45, 7) is 4.96. The molecule has 0 unspecified atom stereocenters. The fraction of sp³-hybridized carbons (Fsp3) is 0.294. The lowest BCUT2D eigenvalue weighted by Crippen LogP contribution is -2.30. The van der Waals surface area contributed by atoms with Crippen LogP contribution in [0.15, 0.2) is 54.7 Å². The first-order valence-corrected chi connectivity index (χ1v) is 6.92. The zero-order valence-corrected chi connectivity index (χ0v) is 11.9. The molecule has 0 aliphatic rings. The SMILES string of the molecule is CC(C)[C@H](CNC(=O)c1ccccn1)c1ccccc1. The smallest absolute Gasteiger partial charge is 0.269 e. The van der Waals surface area contributed by atoms with Gasteiger partial charge in [-0.15, -0.1) is 0 Å². The molecular formula is C17H20N2O. The number of hydrogen-bond acceptors (Lipinski definition) is 2. The second-order valence-electron chi connectivity index (χ2n) is 5.19. The van der Waals surface area contributed by atoms with Crippen LogP contribution >= 0.6 is 0 Å². The largest absolute Gasteiger partial charge is 0.350 e. The first kappa shape index (κ1) is 14.3. The molecule has 1 N–H and O–H groups in total. The molecule has 104 valence electrons. The highest BCUT2D eigenvalue weighted by Crippen LogP contribution is 2.23. The predicted molar refractivity (Wildman–Crippen MR) is 80.6 cm³/mol. The van der Waals surface area contributed by atoms with Gasteiger partial charge >= 0.3 is 0 Å². The molecule has 1 heterocycles. The summed E-state index contributed by atoms with van der Waals surface area (Å²) in [6.07, 6.45) is 1.63. The van der Waals surface area contributed by atoms with Crippen molar-refractivity contribution in [3.8, 4) is 0 Å². The van der Waals surface area contributed by atoms with Crippen molar-refractivity contribution < 1.29 is 4.79 Å². The number of carbonyl (C=O) groups excluding carboxylic acids is 1. The Morgan fingerprint density at radius 1 is 1.10 bits per heavy atom. The quantitative estimate of drug-likeness (QED) is 0.904. The Balaban J connectivity index is 2.02. The molecule has 2 rings (SSSR count). The van der Waals surface area contributed by atoms with E-state index < -0.39 is 0 Å². The van der Waals surface area contributed by atoms with Crippen molar-refractivity contribution in [3.63, 3.8) is 0 Å². The zero-order chi connectivity index (χ0) is 14.4. The molecule has 0 saturated heterocycles. The van der Waals surface area contributed by atoms with Crippen molar-refractivity contribution >= 4 is 5.91 Å². The van der Waals surface area contributed by atoms with E-state index in [2.05, 4.69) is 36.3 Å². The van der Waals surface area contributed by atoms with Crippen molar-refractivity contribution in [2.45, 2.75) is 19.8 Å². The molecule has 0 radical (unpaired) electrons. The van der Waals surface area contributed by atoms with Crippen LogP contribution in [0.4, 0.5) is 0 Å². The first-order valence-electron chi connectivity index (χ1n) is 6.92. The van der Waals surface area contributed by atoms with Gasteiger partial charge in [-0.25, -0.2) is 0 Å². The van der Waals surface area contributed by atoms with Crippen molar-refractivity contribution in [2.75, 3.05) is 6.54 Å². The Hall–Kier alpha value is -2.16. The molecule has 0 bridgehead atoms. The van der Waals surface area contributed by atoms with E-state index in [1.807, 2.05) is 24.3 Å². The lowest BCUT2D eigenvalue weighted by atomic mass is 9.88. The highest BCUT2D eigenvalue weighted by atomic mass is 16.1. The summed E-state index contributed by atoms with van der Waals surface area (Å²) < 4.78 is 0. The van der Waals surface area contributed by atoms with Gasteiger partial charge in [0, 0.05) is 18.7 Å². The molecule has 3 heteroatoms. The van der Waals surface area contributed by atoms with Gasteiger partial charge in [0.05, 0.1) is 0 Å². The van der Waals surface area contributed by atoms with Crippen molar-refractivity contribution in [2.24, 2.45) is 5.92 Å². The van der Waals surface area contributed by atoms with Gasteiger partial charge in [-0.05, 0) is 23.6 Å². The molecule has 20 heavy (non-hydrogen) atoms. The van der Waals surface area contributed by atoms with Gasteiger partial charge in [-0.3, -0.25) is 9.78 Å². The molecule has 1 aromatic heterocycles. The Bertz CT molecular complexity index is 537. The summed E-state index contributed by atoms with van der Waals surface area (Å²) in [5.41, 5.74) is 1.71. The number of nitrogens with one attached hydrogen (secondary N) is 1. The van der Waals surface area contributed by atoms with Crippen molar-refractivity contribution in [3.05, 3.63) is 66.0 Å². The Kier molecular flexibility index (Phi) is 4.88. The van der Waals surface area contributed by atoms with Crippen molar-refractivity contribution in [1.82, 2.24) is 10.3 Å². The normalized spacial score (nSPS) is 12.2. The summed E-state index contributed by atoms with van der Waals surface area (Å²) in [5, 5.41) is 2.98. The van der Waals surface area contributed by atoms with Gasteiger partial charge in [0.2, 0.25) is 0 Å². The summed E-state index contributed by atoms with van der Waals surface area (Å²) in [6, 6.07) is 15.6. The molecule has 0 aliphatic heterocycles. The topological polar surface area (TPSA) is 42.0 Å². The number of carbonyl (C=O) groups is 1. The number of benzene rings is 1. The van der Waals surface area contributed by atoms with Gasteiger partial charge < -0.3 is 5.32 Å². The van der Waals surface area contributed by atoms with Crippen molar-refractivity contribution in [1.29, 1.82) is 0 Å². The maximum atomic E-state index is 12.0. The third-order valence-corrected chi connectivity index (χ3v) is 3.41. The highest BCUT2D eigenvalue weighted by Gasteiger charge is 2.17. The lowest BCUT2D eigenvalue weighted by Gasteiger charge is -2.21. The van der Waals surface area contributed by atoms with Gasteiger partial charge in [0.15, 0.2) is 0 Å². The minimum Gasteiger partial charge on any atom is -0.350 e. The van der Waals surface area contributed by atoms with E-state index in [1.165, 1.54) is 5.56 Å². The van der Waals surface area contributed by atoms with Crippen LogP contribution in [0, 0.1) is 5.92 Å². The molecule has 1 amide bonds. The third kappa shape index (κ3) is 3.67. The molecule has 1 atom stereocenters. The minimum atomic E-state index is -0.118. The second-order valence-corrected chi connectivity index (χ2v) is 5.19. The minimum absolute atomic E-state index is 0.118. The number of pyridine rings is 1. The van der Waals surface area contributed by atoms with Crippen LogP contribution in [0.25, 0.3) is 0 Å². The average molecular weight is 268 g/mol. The van der Waals surface area contributed by atoms with Gasteiger partial charge in [-0.1, -0.05) is 50.2 Å². The zero-order valence-electron chi connectivity index (χ0n) is 11.9. The van der Waals surface area contributed by atoms with E-state index in [0.717, 1.165) is 0 Å². The third-order valence-electron chi connectivity index (χ3n) is 3.41. The molecule has 3 nitrogen and oxygen atoms in total. The van der Waals surface area contributed by atoms with Gasteiger partial charge in [0.25, 0.3) is 5.91 Å². The van der Waals surface area contributed by atoms with E-state index in [0.29, 0.717) is 24.1 Å². The fourth-order valence-electron chi connectivity index (χ4n) is 2.23. The van der Waals surface area contributed by atoms with Gasteiger partial charge in [0.1, 0.15) is 5.69 Å². The summed E-state index contributed by atoms with van der Waals surface area (Å²) in [4.78, 5) is 16.1. The number of hydrogen-bond donors (Lipinski definition) is 1. The number of aromatic nitrogens is 1. The maximum absolute atomic E-state index is 12.0. The monoisotopic (exact) mass is 268 g/mol. The van der Waals surface area contributed by atoms with Crippen LogP contribution in [0.5, 0.6) is 0 Å². The van der Waals surface area contributed by atoms with Crippen LogP contribution in [-0.4, -0.2) is 17.4 Å². The van der Waals surface area contributed by atoms with E-state index in [-0.39, 0.29) is 5.91 Å². The highest BCUT2D eigenvalue weighted by molar-refractivity contribution is 5.92. The fourth-order valence-corrected chi connectivity index (χ4v) is 2.23. The van der Waals surface area contributed by atoms with E-state index in [4.69, 9.17) is 0 Å². The van der Waals surface area contributed by atoms with Crippen LogP contribution in [-0.2, 0) is 0 Å². The number of amides is 1. The summed E-state index contributed by atoms with van der Waals surface area (Å²) >= 11 is 0. The van der Waals surface area contributed by atoms with Crippen LogP contribution in [0.2, 0.25) is 0 Å². The van der Waals surface area contributed by atoms with Crippen LogP contribution < -0.4 is 5.32 Å². The summed E-state index contributed by atoms with van der Waals surface area (Å²) in [7, 11) is 0. The Morgan fingerprint density at radius 3 is 2.40 bits per heavy atom. The number of nitrogens with zero attached hydrogens (tertiary/aromatic N) is 1. The van der Waals surface area contributed by atoms with E-state index >= 15 is 0 Å².